The minimum absolute atomic E-state index is 0.886. The number of hydrogen-bond donors (Lipinski definition) is 0. The van der Waals surface area contributed by atoms with Crippen molar-refractivity contribution in [2.75, 3.05) is 13.2 Å². The van der Waals surface area contributed by atoms with E-state index < -0.39 is 0 Å². The van der Waals surface area contributed by atoms with E-state index >= 15 is 0 Å². The Morgan fingerprint density at radius 2 is 0.976 bits per heavy atom. The van der Waals surface area contributed by atoms with Gasteiger partial charge in [0.15, 0.2) is 0 Å². The summed E-state index contributed by atoms with van der Waals surface area (Å²) in [5, 5.41) is 0. The molecule has 0 spiro atoms. The summed E-state index contributed by atoms with van der Waals surface area (Å²) in [6.45, 7) is 11.4. The summed E-state index contributed by atoms with van der Waals surface area (Å²) in [6.07, 6.45) is 36.8. The summed E-state index contributed by atoms with van der Waals surface area (Å²) in [7, 11) is 0. The van der Waals surface area contributed by atoms with Crippen molar-refractivity contribution in [2.24, 2.45) is 47.3 Å². The van der Waals surface area contributed by atoms with Crippen LogP contribution in [-0.2, 0) is 4.74 Å². The van der Waals surface area contributed by atoms with Gasteiger partial charge in [0.1, 0.15) is 0 Å². The molecule has 0 aromatic rings. The van der Waals surface area contributed by atoms with E-state index in [1.54, 1.807) is 11.1 Å². The Balaban J connectivity index is 1.05. The van der Waals surface area contributed by atoms with E-state index in [2.05, 4.69) is 39.8 Å². The Morgan fingerprint density at radius 3 is 1.32 bits per heavy atom. The van der Waals surface area contributed by atoms with Crippen LogP contribution in [0.3, 0.4) is 0 Å². The molecular formula is C40H70O. The zero-order chi connectivity index (χ0) is 28.9. The summed E-state index contributed by atoms with van der Waals surface area (Å²) in [6, 6.07) is 0. The van der Waals surface area contributed by atoms with Crippen LogP contribution in [-0.4, -0.2) is 13.2 Å². The smallest absolute Gasteiger partial charge is 0.0681 e. The molecule has 1 nitrogen and oxygen atoms in total. The van der Waals surface area contributed by atoms with Gasteiger partial charge in [0.05, 0.1) is 13.2 Å². The fourth-order valence-electron chi connectivity index (χ4n) is 9.46. The zero-order valence-corrected chi connectivity index (χ0v) is 28.2. The molecule has 0 radical (unpaired) electrons. The van der Waals surface area contributed by atoms with Gasteiger partial charge in [-0.2, -0.15) is 0 Å². The topological polar surface area (TPSA) is 9.23 Å². The molecule has 0 aliphatic heterocycles. The van der Waals surface area contributed by atoms with E-state index in [-0.39, 0.29) is 0 Å². The molecule has 4 unspecified atom stereocenters. The molecule has 2 saturated carbocycles. The van der Waals surface area contributed by atoms with Crippen LogP contribution in [0.25, 0.3) is 0 Å². The maximum Gasteiger partial charge on any atom is 0.0681 e. The van der Waals surface area contributed by atoms with Crippen LogP contribution in [0.15, 0.2) is 23.3 Å². The molecule has 0 N–H and O–H groups in total. The molecule has 4 aliphatic carbocycles. The fourth-order valence-corrected chi connectivity index (χ4v) is 9.46. The normalized spacial score (nSPS) is 32.7. The molecule has 0 bridgehead atoms. The lowest BCUT2D eigenvalue weighted by Crippen LogP contribution is -2.24. The van der Waals surface area contributed by atoms with Crippen molar-refractivity contribution in [1.82, 2.24) is 0 Å². The molecule has 1 heteroatoms. The average molecular weight is 567 g/mol. The second-order valence-electron chi connectivity index (χ2n) is 15.8. The third-order valence-electron chi connectivity index (χ3n) is 12.5. The lowest BCUT2D eigenvalue weighted by atomic mass is 9.70. The van der Waals surface area contributed by atoms with Crippen LogP contribution in [0.4, 0.5) is 0 Å². The van der Waals surface area contributed by atoms with Crippen molar-refractivity contribution < 1.29 is 4.74 Å². The lowest BCUT2D eigenvalue weighted by molar-refractivity contribution is 0.153. The fraction of sp³-hybridized carbons (Fsp3) is 0.900. The minimum Gasteiger partial charge on any atom is -0.373 e. The van der Waals surface area contributed by atoms with E-state index in [0.717, 1.165) is 60.6 Å². The Morgan fingerprint density at radius 1 is 0.561 bits per heavy atom. The van der Waals surface area contributed by atoms with E-state index in [9.17, 15) is 0 Å². The molecule has 236 valence electrons. The highest BCUT2D eigenvalue weighted by atomic mass is 16.5. The molecule has 0 amide bonds. The quantitative estimate of drug-likeness (QED) is 0.169. The molecule has 0 aromatic heterocycles. The monoisotopic (exact) mass is 567 g/mol. The van der Waals surface area contributed by atoms with Gasteiger partial charge in [-0.1, -0.05) is 117 Å². The summed E-state index contributed by atoms with van der Waals surface area (Å²) >= 11 is 0. The largest absolute Gasteiger partial charge is 0.373 e. The van der Waals surface area contributed by atoms with Crippen molar-refractivity contribution in [3.63, 3.8) is 0 Å². The second kappa shape index (κ2) is 18.3. The average Bonchev–Trinajstić information content (AvgIpc) is 3.01. The maximum atomic E-state index is 6.29. The third-order valence-corrected chi connectivity index (χ3v) is 12.5. The van der Waals surface area contributed by atoms with Crippen molar-refractivity contribution >= 4 is 0 Å². The van der Waals surface area contributed by atoms with Gasteiger partial charge >= 0.3 is 0 Å². The SMILES string of the molecule is CCCC(C)CCC1CCC(C2CC=C(COCC3=CCC(C4CCC(CCC(C)CCC)CC4)CC3)CC2)CC1. The van der Waals surface area contributed by atoms with Gasteiger partial charge in [-0.3, -0.25) is 0 Å². The number of hydrogen-bond acceptors (Lipinski definition) is 1. The second-order valence-corrected chi connectivity index (χ2v) is 15.8. The summed E-state index contributed by atoms with van der Waals surface area (Å²) in [5.74, 6) is 7.86. The lowest BCUT2D eigenvalue weighted by Gasteiger charge is -2.36. The van der Waals surface area contributed by atoms with Crippen LogP contribution in [0, 0.1) is 47.3 Å². The third kappa shape index (κ3) is 11.5. The van der Waals surface area contributed by atoms with E-state index in [0.29, 0.717) is 0 Å². The molecule has 2 fully saturated rings. The van der Waals surface area contributed by atoms with E-state index in [1.165, 1.54) is 141 Å². The predicted molar refractivity (Wildman–Crippen MR) is 179 cm³/mol. The van der Waals surface area contributed by atoms with Crippen LogP contribution in [0.1, 0.15) is 169 Å². The van der Waals surface area contributed by atoms with Crippen molar-refractivity contribution in [2.45, 2.75) is 169 Å². The molecule has 4 aliphatic rings. The molecule has 0 saturated heterocycles. The maximum absolute atomic E-state index is 6.29. The summed E-state index contributed by atoms with van der Waals surface area (Å²) in [4.78, 5) is 0. The molecule has 0 aromatic carbocycles. The molecular weight excluding hydrogens is 496 g/mol. The first-order valence-corrected chi connectivity index (χ1v) is 19.0. The van der Waals surface area contributed by atoms with Gasteiger partial charge in [-0.15, -0.1) is 0 Å². The number of allylic oxidation sites excluding steroid dienone is 2. The molecule has 0 heterocycles. The first kappa shape index (κ1) is 33.3. The highest BCUT2D eigenvalue weighted by Gasteiger charge is 2.30. The van der Waals surface area contributed by atoms with Crippen LogP contribution < -0.4 is 0 Å². The van der Waals surface area contributed by atoms with Crippen LogP contribution in [0.5, 0.6) is 0 Å². The van der Waals surface area contributed by atoms with Crippen molar-refractivity contribution in [3.8, 4) is 0 Å². The van der Waals surface area contributed by atoms with Crippen LogP contribution in [0.2, 0.25) is 0 Å². The van der Waals surface area contributed by atoms with Crippen LogP contribution >= 0.6 is 0 Å². The van der Waals surface area contributed by atoms with Gasteiger partial charge in [0, 0.05) is 0 Å². The number of ether oxygens (including phenoxy) is 1. The van der Waals surface area contributed by atoms with Gasteiger partial charge in [0.25, 0.3) is 0 Å². The summed E-state index contributed by atoms with van der Waals surface area (Å²) in [5.41, 5.74) is 3.19. The number of rotatable bonds is 16. The molecule has 4 rings (SSSR count). The Kier molecular flexibility index (Phi) is 14.9. The van der Waals surface area contributed by atoms with Gasteiger partial charge in [0.2, 0.25) is 0 Å². The Labute approximate surface area is 257 Å². The minimum atomic E-state index is 0.886. The summed E-state index contributed by atoms with van der Waals surface area (Å²) < 4.78 is 6.29. The molecule has 4 atom stereocenters. The first-order chi connectivity index (χ1) is 20.0. The van der Waals surface area contributed by atoms with E-state index in [1.807, 2.05) is 0 Å². The molecule has 41 heavy (non-hydrogen) atoms. The van der Waals surface area contributed by atoms with Gasteiger partial charge < -0.3 is 4.74 Å². The van der Waals surface area contributed by atoms with Gasteiger partial charge in [-0.25, -0.2) is 0 Å². The Bertz CT molecular complexity index is 698. The Hall–Kier alpha value is -0.560. The van der Waals surface area contributed by atoms with E-state index in [4.69, 9.17) is 4.74 Å². The highest BCUT2D eigenvalue weighted by Crippen LogP contribution is 2.42. The van der Waals surface area contributed by atoms with Crippen molar-refractivity contribution in [1.29, 1.82) is 0 Å². The highest BCUT2D eigenvalue weighted by molar-refractivity contribution is 5.10. The van der Waals surface area contributed by atoms with Crippen molar-refractivity contribution in [3.05, 3.63) is 23.3 Å². The standard InChI is InChI=1S/C40H70O/c1-5-7-31(3)9-11-33-13-21-37(22-14-33)39-25-17-35(18-26-39)29-41-30-36-19-27-40(28-20-36)38-23-15-34(16-24-38)12-10-32(4)8-6-2/h17,19,31-34,37-40H,5-16,18,20-30H2,1-4H3. The predicted octanol–water partition coefficient (Wildman–Crippen LogP) is 12.5. The van der Waals surface area contributed by atoms with Gasteiger partial charge in [-0.05, 0) is 123 Å². The zero-order valence-electron chi connectivity index (χ0n) is 28.2. The first-order valence-electron chi connectivity index (χ1n) is 19.0.